The molecule has 0 aliphatic heterocycles. The lowest BCUT2D eigenvalue weighted by Crippen LogP contribution is -2.46. The summed E-state index contributed by atoms with van der Waals surface area (Å²) in [6, 6.07) is 3.49. The van der Waals surface area contributed by atoms with Gasteiger partial charge >= 0.3 is 0 Å². The lowest BCUT2D eigenvalue weighted by atomic mass is 9.47. The van der Waals surface area contributed by atoms with Crippen LogP contribution in [-0.2, 0) is 0 Å². The summed E-state index contributed by atoms with van der Waals surface area (Å²) in [4.78, 5) is 0. The minimum absolute atomic E-state index is 0.0821. The van der Waals surface area contributed by atoms with Crippen molar-refractivity contribution in [3.63, 3.8) is 0 Å². The van der Waals surface area contributed by atoms with Crippen molar-refractivity contribution in [2.75, 3.05) is 0 Å². The molecule has 4 fully saturated rings. The van der Waals surface area contributed by atoms with Crippen molar-refractivity contribution in [2.45, 2.75) is 155 Å². The maximum Gasteiger partial charge on any atom is 0.200 e. The Morgan fingerprint density at radius 2 is 1.44 bits per heavy atom. The fourth-order valence-corrected chi connectivity index (χ4v) is 8.13. The first-order valence-corrected chi connectivity index (χ1v) is 15.6. The molecule has 0 aromatic heterocycles. The molecule has 0 saturated heterocycles. The molecule has 0 radical (unpaired) electrons. The van der Waals surface area contributed by atoms with Crippen LogP contribution in [0.25, 0.3) is 0 Å². The average molecular weight is 503 g/mol. The number of halogens is 2. The van der Waals surface area contributed by atoms with Gasteiger partial charge in [0, 0.05) is 0 Å². The number of hydrogen-bond donors (Lipinski definition) is 0. The largest absolute Gasteiger partial charge is 0.488 e. The molecule has 0 N–H and O–H groups in total. The Balaban J connectivity index is 1.29. The van der Waals surface area contributed by atoms with Gasteiger partial charge in [-0.15, -0.1) is 0 Å². The molecule has 1 aromatic carbocycles. The van der Waals surface area contributed by atoms with Gasteiger partial charge in [0.2, 0.25) is 5.82 Å². The molecule has 4 aliphatic carbocycles. The molecule has 2 bridgehead atoms. The monoisotopic (exact) mass is 502 g/mol. The van der Waals surface area contributed by atoms with Crippen LogP contribution in [0.2, 0.25) is 0 Å². The standard InChI is InChI=1S/C33H52F2O/c1-4-6-8-9-11-25(3)36-29-17-16-28(30(34)31(29)35)26-12-14-27(15-13-26)33-22-19-32(20-23-33,21-24-33)18-10-7-5-2/h16-17,25-27H,4-15,18-24H2,1-3H3. The lowest BCUT2D eigenvalue weighted by Gasteiger charge is -2.58. The fraction of sp³-hybridized carbons (Fsp3) is 0.818. The van der Waals surface area contributed by atoms with Gasteiger partial charge in [-0.2, -0.15) is 4.39 Å². The van der Waals surface area contributed by atoms with E-state index in [1.807, 2.05) is 13.0 Å². The molecule has 36 heavy (non-hydrogen) atoms. The van der Waals surface area contributed by atoms with Crippen LogP contribution in [0.15, 0.2) is 12.1 Å². The molecule has 0 amide bonds. The third-order valence-electron chi connectivity index (χ3n) is 10.7. The van der Waals surface area contributed by atoms with Crippen LogP contribution in [0.3, 0.4) is 0 Å². The van der Waals surface area contributed by atoms with Crippen molar-refractivity contribution < 1.29 is 13.5 Å². The summed E-state index contributed by atoms with van der Waals surface area (Å²) in [5, 5.41) is 0. The molecule has 0 heterocycles. The molecule has 4 saturated carbocycles. The maximum atomic E-state index is 15.2. The highest BCUT2D eigenvalue weighted by atomic mass is 19.2. The summed E-state index contributed by atoms with van der Waals surface area (Å²) < 4.78 is 35.9. The van der Waals surface area contributed by atoms with Crippen molar-refractivity contribution >= 4 is 0 Å². The molecule has 5 rings (SSSR count). The minimum Gasteiger partial charge on any atom is -0.488 e. The lowest BCUT2D eigenvalue weighted by molar-refractivity contribution is -0.0631. The van der Waals surface area contributed by atoms with Crippen LogP contribution in [-0.4, -0.2) is 6.10 Å². The number of rotatable bonds is 13. The zero-order valence-corrected chi connectivity index (χ0v) is 23.5. The topological polar surface area (TPSA) is 9.23 Å². The minimum atomic E-state index is -0.785. The van der Waals surface area contributed by atoms with E-state index in [0.717, 1.165) is 31.6 Å². The molecule has 1 unspecified atom stereocenters. The van der Waals surface area contributed by atoms with Gasteiger partial charge in [-0.3, -0.25) is 0 Å². The van der Waals surface area contributed by atoms with Crippen molar-refractivity contribution in [3.05, 3.63) is 29.3 Å². The summed E-state index contributed by atoms with van der Waals surface area (Å²) in [7, 11) is 0. The van der Waals surface area contributed by atoms with Crippen LogP contribution >= 0.6 is 0 Å². The van der Waals surface area contributed by atoms with Crippen LogP contribution in [0.4, 0.5) is 8.78 Å². The van der Waals surface area contributed by atoms with Gasteiger partial charge in [0.25, 0.3) is 0 Å². The summed E-state index contributed by atoms with van der Waals surface area (Å²) in [6.07, 6.45) is 23.9. The van der Waals surface area contributed by atoms with Crippen molar-refractivity contribution in [1.29, 1.82) is 0 Å². The molecule has 1 nitrogen and oxygen atoms in total. The summed E-state index contributed by atoms with van der Waals surface area (Å²) in [6.45, 7) is 6.46. The smallest absolute Gasteiger partial charge is 0.200 e. The van der Waals surface area contributed by atoms with Crippen LogP contribution < -0.4 is 4.74 Å². The molecule has 4 aliphatic rings. The molecule has 204 valence electrons. The van der Waals surface area contributed by atoms with E-state index >= 15 is 4.39 Å². The van der Waals surface area contributed by atoms with Gasteiger partial charge < -0.3 is 4.74 Å². The Bertz CT molecular complexity index is 801. The second kappa shape index (κ2) is 12.6. The Morgan fingerprint density at radius 1 is 0.806 bits per heavy atom. The highest BCUT2D eigenvalue weighted by Crippen LogP contribution is 2.63. The first kappa shape index (κ1) is 27.9. The molecular weight excluding hydrogens is 450 g/mol. The Labute approximate surface area is 220 Å². The maximum absolute atomic E-state index is 15.2. The van der Waals surface area contributed by atoms with Gasteiger partial charge in [0.1, 0.15) is 0 Å². The Morgan fingerprint density at radius 3 is 2.08 bits per heavy atom. The van der Waals surface area contributed by atoms with E-state index in [0.29, 0.717) is 16.4 Å². The first-order chi connectivity index (χ1) is 17.4. The third kappa shape index (κ3) is 6.29. The van der Waals surface area contributed by atoms with Crippen LogP contribution in [0.5, 0.6) is 5.75 Å². The van der Waals surface area contributed by atoms with E-state index in [1.165, 1.54) is 96.3 Å². The zero-order chi connectivity index (χ0) is 25.6. The molecular formula is C33H52F2O. The molecule has 1 atom stereocenters. The van der Waals surface area contributed by atoms with Gasteiger partial charge in [-0.25, -0.2) is 4.39 Å². The molecule has 1 aromatic rings. The second-order valence-corrected chi connectivity index (χ2v) is 12.9. The van der Waals surface area contributed by atoms with E-state index in [4.69, 9.17) is 4.74 Å². The Kier molecular flexibility index (Phi) is 9.78. The third-order valence-corrected chi connectivity index (χ3v) is 10.7. The van der Waals surface area contributed by atoms with Gasteiger partial charge in [0.15, 0.2) is 11.6 Å². The number of fused-ring (bicyclic) bond motifs is 3. The van der Waals surface area contributed by atoms with Gasteiger partial charge in [-0.1, -0.05) is 58.4 Å². The number of hydrogen-bond acceptors (Lipinski definition) is 1. The quantitative estimate of drug-likeness (QED) is 0.244. The van der Waals surface area contributed by atoms with Crippen LogP contribution in [0, 0.1) is 28.4 Å². The predicted molar refractivity (Wildman–Crippen MR) is 147 cm³/mol. The van der Waals surface area contributed by atoms with E-state index in [-0.39, 0.29) is 17.8 Å². The molecule has 0 spiro atoms. The van der Waals surface area contributed by atoms with Gasteiger partial charge in [0.05, 0.1) is 6.10 Å². The highest BCUT2D eigenvalue weighted by molar-refractivity contribution is 5.33. The van der Waals surface area contributed by atoms with E-state index in [9.17, 15) is 4.39 Å². The van der Waals surface area contributed by atoms with E-state index in [2.05, 4.69) is 13.8 Å². The predicted octanol–water partition coefficient (Wildman–Crippen LogP) is 10.9. The normalized spacial score (nSPS) is 30.9. The van der Waals surface area contributed by atoms with Gasteiger partial charge in [-0.05, 0) is 125 Å². The van der Waals surface area contributed by atoms with Crippen molar-refractivity contribution in [3.8, 4) is 5.75 Å². The van der Waals surface area contributed by atoms with Crippen molar-refractivity contribution in [1.82, 2.24) is 0 Å². The summed E-state index contributed by atoms with van der Waals surface area (Å²) in [5.41, 5.74) is 1.78. The highest BCUT2D eigenvalue weighted by Gasteiger charge is 2.51. The number of benzene rings is 1. The zero-order valence-electron chi connectivity index (χ0n) is 23.5. The number of unbranched alkanes of at least 4 members (excludes halogenated alkanes) is 5. The van der Waals surface area contributed by atoms with E-state index in [1.54, 1.807) is 6.07 Å². The molecule has 3 heteroatoms. The second-order valence-electron chi connectivity index (χ2n) is 12.9. The van der Waals surface area contributed by atoms with Crippen LogP contribution in [0.1, 0.15) is 154 Å². The van der Waals surface area contributed by atoms with E-state index < -0.39 is 11.6 Å². The van der Waals surface area contributed by atoms with Crippen molar-refractivity contribution in [2.24, 2.45) is 16.7 Å². The summed E-state index contributed by atoms with van der Waals surface area (Å²) in [5.74, 6) is -0.439. The first-order valence-electron chi connectivity index (χ1n) is 15.6. The Hall–Kier alpha value is -1.12. The fourth-order valence-electron chi connectivity index (χ4n) is 8.13. The SMILES string of the molecule is CCCCCCC(C)Oc1ccc(C2CCC(C34CCC(CCCCC)(CC3)CC4)CC2)c(F)c1F. The number of ether oxygens (including phenoxy) is 1. The average Bonchev–Trinajstić information content (AvgIpc) is 2.91. The summed E-state index contributed by atoms with van der Waals surface area (Å²) >= 11 is 0.